The molecule has 134 valence electrons. The third kappa shape index (κ3) is 2.65. The molecule has 2 atom stereocenters. The third-order valence-corrected chi connectivity index (χ3v) is 5.37. The van der Waals surface area contributed by atoms with E-state index in [4.69, 9.17) is 9.15 Å². The molecule has 3 aliphatic heterocycles. The Balaban J connectivity index is 0.00000169. The average molecular weight is 356 g/mol. The summed E-state index contributed by atoms with van der Waals surface area (Å²) in [4.78, 5) is 19.8. The minimum absolute atomic E-state index is 0. The number of halogens is 1. The summed E-state index contributed by atoms with van der Waals surface area (Å²) in [5.74, 6) is 2.23. The van der Waals surface area contributed by atoms with Crippen molar-refractivity contribution in [1.82, 2.24) is 15.2 Å². The normalized spacial score (nSPS) is 29.1. The molecule has 6 nitrogen and oxygen atoms in total. The van der Waals surface area contributed by atoms with Crippen LogP contribution in [-0.4, -0.2) is 48.6 Å². The number of rotatable bonds is 1. The van der Waals surface area contributed by atoms with E-state index in [-0.39, 0.29) is 29.1 Å². The van der Waals surface area contributed by atoms with Crippen molar-refractivity contribution in [3.63, 3.8) is 0 Å². The topological polar surface area (TPSA) is 67.6 Å². The van der Waals surface area contributed by atoms with Crippen molar-refractivity contribution in [2.75, 3.05) is 32.8 Å². The van der Waals surface area contributed by atoms with E-state index in [1.54, 1.807) is 0 Å². The van der Waals surface area contributed by atoms with E-state index in [2.05, 4.69) is 31.1 Å². The van der Waals surface area contributed by atoms with Crippen molar-refractivity contribution in [2.45, 2.75) is 39.2 Å². The summed E-state index contributed by atoms with van der Waals surface area (Å²) < 4.78 is 11.5. The number of hydrogen-bond acceptors (Lipinski definition) is 5. The lowest BCUT2D eigenvalue weighted by Gasteiger charge is -2.34. The van der Waals surface area contributed by atoms with Crippen molar-refractivity contribution >= 4 is 18.3 Å². The standard InChI is InChI=1S/C17H25N3O3.ClH/c1-16(2,3)14-19-12-7-20(5-4-13(12)23-14)15(21)17-9-18-6-11(17)8-22-10-17;/h11,18H,4-10H2,1-3H3;1H/t11-,17-;/m0./s1. The monoisotopic (exact) mass is 355 g/mol. The van der Waals surface area contributed by atoms with Gasteiger partial charge in [-0.3, -0.25) is 4.79 Å². The number of amides is 1. The van der Waals surface area contributed by atoms with Crippen LogP contribution < -0.4 is 5.32 Å². The van der Waals surface area contributed by atoms with Crippen molar-refractivity contribution < 1.29 is 13.9 Å². The zero-order valence-corrected chi connectivity index (χ0v) is 15.4. The maximum Gasteiger partial charge on any atom is 0.233 e. The molecular formula is C17H26ClN3O3. The molecule has 2 saturated heterocycles. The highest BCUT2D eigenvalue weighted by atomic mass is 35.5. The first-order valence-electron chi connectivity index (χ1n) is 8.47. The molecule has 0 radical (unpaired) electrons. The van der Waals surface area contributed by atoms with Crippen LogP contribution in [0.4, 0.5) is 0 Å². The molecule has 7 heteroatoms. The van der Waals surface area contributed by atoms with Gasteiger partial charge in [-0.2, -0.15) is 0 Å². The van der Waals surface area contributed by atoms with E-state index in [1.807, 2.05) is 4.90 Å². The molecule has 1 amide bonds. The molecule has 1 aromatic heterocycles. The molecule has 0 aromatic carbocycles. The van der Waals surface area contributed by atoms with E-state index in [0.29, 0.717) is 32.2 Å². The largest absolute Gasteiger partial charge is 0.445 e. The van der Waals surface area contributed by atoms with Gasteiger partial charge in [0.15, 0.2) is 5.89 Å². The number of carbonyl (C=O) groups excluding carboxylic acids is 1. The van der Waals surface area contributed by atoms with Gasteiger partial charge < -0.3 is 19.4 Å². The molecule has 0 saturated carbocycles. The number of fused-ring (bicyclic) bond motifs is 2. The van der Waals surface area contributed by atoms with Gasteiger partial charge in [0, 0.05) is 37.4 Å². The van der Waals surface area contributed by atoms with Gasteiger partial charge in [-0.15, -0.1) is 12.4 Å². The fourth-order valence-corrected chi connectivity index (χ4v) is 3.90. The molecule has 1 N–H and O–H groups in total. The lowest BCUT2D eigenvalue weighted by molar-refractivity contribution is -0.143. The number of ether oxygens (including phenoxy) is 1. The predicted octanol–water partition coefficient (Wildman–Crippen LogP) is 1.51. The smallest absolute Gasteiger partial charge is 0.233 e. The van der Waals surface area contributed by atoms with Crippen LogP contribution in [0.2, 0.25) is 0 Å². The van der Waals surface area contributed by atoms with Gasteiger partial charge in [-0.25, -0.2) is 4.98 Å². The van der Waals surface area contributed by atoms with E-state index in [1.165, 1.54) is 0 Å². The number of carbonyl (C=O) groups is 1. The summed E-state index contributed by atoms with van der Waals surface area (Å²) in [5, 5.41) is 3.37. The molecule has 2 fully saturated rings. The molecule has 0 bridgehead atoms. The first kappa shape index (κ1) is 17.7. The Hall–Kier alpha value is -1.11. The predicted molar refractivity (Wildman–Crippen MR) is 91.2 cm³/mol. The third-order valence-electron chi connectivity index (χ3n) is 5.37. The molecule has 0 aliphatic carbocycles. The van der Waals surface area contributed by atoms with Gasteiger partial charge in [0.05, 0.1) is 25.2 Å². The van der Waals surface area contributed by atoms with E-state index in [9.17, 15) is 4.79 Å². The number of nitrogens with zero attached hydrogens (tertiary/aromatic N) is 2. The number of oxazole rings is 1. The first-order valence-corrected chi connectivity index (χ1v) is 8.47. The lowest BCUT2D eigenvalue weighted by Crippen LogP contribution is -2.50. The SMILES string of the molecule is CC(C)(C)c1nc2c(o1)CCN(C(=O)[C@]13CNC[C@H]1COC3)C2.Cl. The molecule has 1 aromatic rings. The fourth-order valence-electron chi connectivity index (χ4n) is 3.90. The van der Waals surface area contributed by atoms with Crippen LogP contribution in [-0.2, 0) is 27.9 Å². The quantitative estimate of drug-likeness (QED) is 0.827. The van der Waals surface area contributed by atoms with Crippen LogP contribution in [0.15, 0.2) is 4.42 Å². The second kappa shape index (κ2) is 6.00. The van der Waals surface area contributed by atoms with Gasteiger partial charge in [-0.05, 0) is 0 Å². The Bertz CT molecular complexity index is 628. The highest BCUT2D eigenvalue weighted by Gasteiger charge is 2.54. The summed E-state index contributed by atoms with van der Waals surface area (Å²) in [7, 11) is 0. The first-order chi connectivity index (χ1) is 10.9. The van der Waals surface area contributed by atoms with Crippen molar-refractivity contribution in [3.8, 4) is 0 Å². The maximum atomic E-state index is 13.2. The Labute approximate surface area is 148 Å². The molecule has 4 heterocycles. The summed E-state index contributed by atoms with van der Waals surface area (Å²) in [6.07, 6.45) is 0.749. The van der Waals surface area contributed by atoms with Gasteiger partial charge in [0.1, 0.15) is 11.5 Å². The molecule has 3 aliphatic rings. The number of aromatic nitrogens is 1. The number of nitrogens with one attached hydrogen (secondary N) is 1. The minimum atomic E-state index is -0.367. The fraction of sp³-hybridized carbons (Fsp3) is 0.765. The van der Waals surface area contributed by atoms with Crippen LogP contribution in [0.5, 0.6) is 0 Å². The average Bonchev–Trinajstić information content (AvgIpc) is 3.17. The van der Waals surface area contributed by atoms with Crippen LogP contribution >= 0.6 is 12.4 Å². The highest BCUT2D eigenvalue weighted by Crippen LogP contribution is 2.40. The van der Waals surface area contributed by atoms with E-state index >= 15 is 0 Å². The zero-order chi connectivity index (χ0) is 16.2. The summed E-state index contributed by atoms with van der Waals surface area (Å²) in [6, 6.07) is 0. The van der Waals surface area contributed by atoms with Crippen LogP contribution in [0.1, 0.15) is 38.1 Å². The number of hydrogen-bond donors (Lipinski definition) is 1. The highest BCUT2D eigenvalue weighted by molar-refractivity contribution is 5.85. The lowest BCUT2D eigenvalue weighted by atomic mass is 9.79. The van der Waals surface area contributed by atoms with Crippen LogP contribution in [0.3, 0.4) is 0 Å². The van der Waals surface area contributed by atoms with Crippen molar-refractivity contribution in [3.05, 3.63) is 17.3 Å². The van der Waals surface area contributed by atoms with Crippen LogP contribution in [0, 0.1) is 11.3 Å². The molecule has 0 unspecified atom stereocenters. The molecular weight excluding hydrogens is 330 g/mol. The van der Waals surface area contributed by atoms with Gasteiger partial charge >= 0.3 is 0 Å². The van der Waals surface area contributed by atoms with Crippen molar-refractivity contribution in [2.24, 2.45) is 11.3 Å². The Morgan fingerprint density at radius 2 is 2.21 bits per heavy atom. The Kier molecular flexibility index (Phi) is 4.43. The van der Waals surface area contributed by atoms with Gasteiger partial charge in [0.2, 0.25) is 5.91 Å². The van der Waals surface area contributed by atoms with Gasteiger partial charge in [0.25, 0.3) is 0 Å². The summed E-state index contributed by atoms with van der Waals surface area (Å²) >= 11 is 0. The molecule has 24 heavy (non-hydrogen) atoms. The zero-order valence-electron chi connectivity index (χ0n) is 14.6. The Morgan fingerprint density at radius 1 is 1.42 bits per heavy atom. The summed E-state index contributed by atoms with van der Waals surface area (Å²) in [6.45, 7) is 10.4. The van der Waals surface area contributed by atoms with Crippen molar-refractivity contribution in [1.29, 1.82) is 0 Å². The van der Waals surface area contributed by atoms with E-state index in [0.717, 1.165) is 36.9 Å². The van der Waals surface area contributed by atoms with Crippen LogP contribution in [0.25, 0.3) is 0 Å². The van der Waals surface area contributed by atoms with E-state index < -0.39 is 0 Å². The Morgan fingerprint density at radius 3 is 2.96 bits per heavy atom. The second-order valence-corrected chi connectivity index (χ2v) is 8.11. The second-order valence-electron chi connectivity index (χ2n) is 8.11. The molecule has 0 spiro atoms. The molecule has 4 rings (SSSR count). The summed E-state index contributed by atoms with van der Waals surface area (Å²) in [5.41, 5.74) is 0.450. The minimum Gasteiger partial charge on any atom is -0.445 e. The maximum absolute atomic E-state index is 13.2. The van der Waals surface area contributed by atoms with Gasteiger partial charge in [-0.1, -0.05) is 20.8 Å².